The van der Waals surface area contributed by atoms with Gasteiger partial charge in [0.15, 0.2) is 0 Å². The second-order valence-electron chi connectivity index (χ2n) is 21.0. The third-order valence-electron chi connectivity index (χ3n) is 14.1. The van der Waals surface area contributed by atoms with Crippen LogP contribution >= 0.6 is 0 Å². The van der Waals surface area contributed by atoms with Gasteiger partial charge in [-0.2, -0.15) is 0 Å². The SMILES string of the molecule is CCCCCC/C=C\C/C=C\CCCCCCCCCC(=O)OCCCCCCCCCCCCCC/C=C\CCCCCCCCCCCCC(=O)NC(CO)C(O)/C=C/CCCCCCCCC. The first-order valence-electron chi connectivity index (χ1n) is 30.9. The molecule has 0 aromatic rings. The molecule has 0 bridgehead atoms. The number of unbranched alkanes of at least 4 members (excludes halogenated alkanes) is 40. The molecule has 0 spiro atoms. The number of allylic oxidation sites excluding steroid dienone is 7. The van der Waals surface area contributed by atoms with Crippen molar-refractivity contribution in [2.45, 2.75) is 334 Å². The first-order chi connectivity index (χ1) is 34.5. The first kappa shape index (κ1) is 67.8. The average Bonchev–Trinajstić information content (AvgIpc) is 3.36. The Bertz CT molecular complexity index is 1180. The summed E-state index contributed by atoms with van der Waals surface area (Å²) in [5.41, 5.74) is 0. The summed E-state index contributed by atoms with van der Waals surface area (Å²) in [6.45, 7) is 4.86. The predicted octanol–water partition coefficient (Wildman–Crippen LogP) is 19.4. The molecule has 2 unspecified atom stereocenters. The van der Waals surface area contributed by atoms with Crippen LogP contribution < -0.4 is 5.32 Å². The molecular weight excluding hydrogens is 863 g/mol. The molecule has 0 radical (unpaired) electrons. The molecule has 0 saturated heterocycles. The van der Waals surface area contributed by atoms with E-state index in [2.05, 4.69) is 55.6 Å². The maximum atomic E-state index is 12.4. The van der Waals surface area contributed by atoms with Gasteiger partial charge >= 0.3 is 5.97 Å². The van der Waals surface area contributed by atoms with Crippen LogP contribution in [0.5, 0.6) is 0 Å². The first-order valence-corrected chi connectivity index (χ1v) is 30.9. The lowest BCUT2D eigenvalue weighted by Crippen LogP contribution is -2.45. The van der Waals surface area contributed by atoms with E-state index < -0.39 is 12.1 Å². The Morgan fingerprint density at radius 3 is 1.11 bits per heavy atom. The number of aliphatic hydroxyl groups is 2. The molecule has 1 amide bonds. The Morgan fingerprint density at radius 1 is 0.400 bits per heavy atom. The smallest absolute Gasteiger partial charge is 0.305 e. The second-order valence-corrected chi connectivity index (χ2v) is 21.0. The molecule has 0 saturated carbocycles. The van der Waals surface area contributed by atoms with Crippen LogP contribution in [0, 0.1) is 0 Å². The highest BCUT2D eigenvalue weighted by molar-refractivity contribution is 5.76. The Balaban J connectivity index is 3.37. The molecule has 410 valence electrons. The maximum absolute atomic E-state index is 12.4. The maximum Gasteiger partial charge on any atom is 0.305 e. The zero-order valence-corrected chi connectivity index (χ0v) is 46.7. The number of esters is 1. The number of carbonyl (C=O) groups is 2. The normalized spacial score (nSPS) is 12.9. The van der Waals surface area contributed by atoms with Crippen molar-refractivity contribution in [3.05, 3.63) is 48.6 Å². The van der Waals surface area contributed by atoms with E-state index in [0.717, 1.165) is 51.4 Å². The molecule has 0 rings (SSSR count). The minimum Gasteiger partial charge on any atom is -0.466 e. The van der Waals surface area contributed by atoms with Crippen molar-refractivity contribution in [3.63, 3.8) is 0 Å². The van der Waals surface area contributed by atoms with Crippen LogP contribution in [0.3, 0.4) is 0 Å². The largest absolute Gasteiger partial charge is 0.466 e. The van der Waals surface area contributed by atoms with Crippen molar-refractivity contribution >= 4 is 11.9 Å². The lowest BCUT2D eigenvalue weighted by Gasteiger charge is -2.20. The zero-order chi connectivity index (χ0) is 50.7. The van der Waals surface area contributed by atoms with Gasteiger partial charge in [-0.3, -0.25) is 9.59 Å². The van der Waals surface area contributed by atoms with Crippen molar-refractivity contribution in [2.75, 3.05) is 13.2 Å². The van der Waals surface area contributed by atoms with E-state index in [-0.39, 0.29) is 18.5 Å². The van der Waals surface area contributed by atoms with Gasteiger partial charge in [0.05, 0.1) is 25.4 Å². The van der Waals surface area contributed by atoms with E-state index in [4.69, 9.17) is 4.74 Å². The van der Waals surface area contributed by atoms with Crippen LogP contribution in [-0.2, 0) is 14.3 Å². The molecule has 70 heavy (non-hydrogen) atoms. The zero-order valence-electron chi connectivity index (χ0n) is 46.7. The highest BCUT2D eigenvalue weighted by atomic mass is 16.5. The number of nitrogens with one attached hydrogen (secondary N) is 1. The monoisotopic (exact) mass is 982 g/mol. The van der Waals surface area contributed by atoms with Crippen LogP contribution in [0.4, 0.5) is 0 Å². The van der Waals surface area contributed by atoms with E-state index in [9.17, 15) is 19.8 Å². The van der Waals surface area contributed by atoms with E-state index >= 15 is 0 Å². The fraction of sp³-hybridized carbons (Fsp3) is 0.844. The van der Waals surface area contributed by atoms with Crippen molar-refractivity contribution in [1.29, 1.82) is 0 Å². The van der Waals surface area contributed by atoms with Gasteiger partial charge < -0.3 is 20.3 Å². The molecule has 6 heteroatoms. The number of carbonyl (C=O) groups excluding carboxylic acids is 2. The molecule has 0 fully saturated rings. The molecule has 2 atom stereocenters. The Morgan fingerprint density at radius 2 is 0.714 bits per heavy atom. The molecule has 0 aromatic heterocycles. The van der Waals surface area contributed by atoms with Crippen molar-refractivity contribution in [3.8, 4) is 0 Å². The van der Waals surface area contributed by atoms with E-state index in [1.54, 1.807) is 6.08 Å². The van der Waals surface area contributed by atoms with Gasteiger partial charge in [0.1, 0.15) is 0 Å². The number of hydrogen-bond acceptors (Lipinski definition) is 5. The third-order valence-corrected chi connectivity index (χ3v) is 14.1. The fourth-order valence-electron chi connectivity index (χ4n) is 9.31. The van der Waals surface area contributed by atoms with Gasteiger partial charge in [-0.15, -0.1) is 0 Å². The molecular formula is C64H119NO5. The van der Waals surface area contributed by atoms with Crippen LogP contribution in [0.2, 0.25) is 0 Å². The molecule has 0 heterocycles. The van der Waals surface area contributed by atoms with E-state index in [0.29, 0.717) is 19.4 Å². The van der Waals surface area contributed by atoms with E-state index in [1.807, 2.05) is 6.08 Å². The number of rotatable bonds is 57. The summed E-state index contributed by atoms with van der Waals surface area (Å²) in [6.07, 6.45) is 75.9. The summed E-state index contributed by atoms with van der Waals surface area (Å²) >= 11 is 0. The highest BCUT2D eigenvalue weighted by Gasteiger charge is 2.18. The van der Waals surface area contributed by atoms with Gasteiger partial charge in [-0.1, -0.05) is 268 Å². The minimum absolute atomic E-state index is 0.00608. The summed E-state index contributed by atoms with van der Waals surface area (Å²) in [6, 6.07) is -0.628. The van der Waals surface area contributed by atoms with Gasteiger partial charge in [-0.05, 0) is 89.9 Å². The minimum atomic E-state index is -0.844. The van der Waals surface area contributed by atoms with Crippen LogP contribution in [0.1, 0.15) is 322 Å². The van der Waals surface area contributed by atoms with Crippen LogP contribution in [0.25, 0.3) is 0 Å². The quantitative estimate of drug-likeness (QED) is 0.0321. The van der Waals surface area contributed by atoms with Crippen molar-refractivity contribution in [1.82, 2.24) is 5.32 Å². The molecule has 0 aliphatic carbocycles. The lowest BCUT2D eigenvalue weighted by atomic mass is 10.0. The Hall–Kier alpha value is -2.18. The Kier molecular flexibility index (Phi) is 57.5. The van der Waals surface area contributed by atoms with Gasteiger partial charge in [0.2, 0.25) is 5.91 Å². The number of aliphatic hydroxyl groups excluding tert-OH is 2. The topological polar surface area (TPSA) is 95.9 Å². The molecule has 3 N–H and O–H groups in total. The van der Waals surface area contributed by atoms with Gasteiger partial charge in [-0.25, -0.2) is 0 Å². The molecule has 0 aromatic carbocycles. The van der Waals surface area contributed by atoms with Crippen LogP contribution in [-0.4, -0.2) is 47.4 Å². The van der Waals surface area contributed by atoms with Crippen molar-refractivity contribution in [2.24, 2.45) is 0 Å². The average molecular weight is 983 g/mol. The summed E-state index contributed by atoms with van der Waals surface area (Å²) in [4.78, 5) is 24.5. The summed E-state index contributed by atoms with van der Waals surface area (Å²) in [5, 5.41) is 22.9. The summed E-state index contributed by atoms with van der Waals surface area (Å²) in [5.74, 6) is -0.0667. The third kappa shape index (κ3) is 55.1. The Labute approximate surface area is 436 Å². The summed E-state index contributed by atoms with van der Waals surface area (Å²) in [7, 11) is 0. The lowest BCUT2D eigenvalue weighted by molar-refractivity contribution is -0.143. The number of amides is 1. The predicted molar refractivity (Wildman–Crippen MR) is 306 cm³/mol. The van der Waals surface area contributed by atoms with Gasteiger partial charge in [0.25, 0.3) is 0 Å². The van der Waals surface area contributed by atoms with Crippen LogP contribution in [0.15, 0.2) is 48.6 Å². The van der Waals surface area contributed by atoms with E-state index in [1.165, 1.54) is 244 Å². The molecule has 0 aliphatic heterocycles. The molecule has 0 aliphatic rings. The van der Waals surface area contributed by atoms with Gasteiger partial charge in [0, 0.05) is 12.8 Å². The molecule has 6 nitrogen and oxygen atoms in total. The standard InChI is InChI=1S/C64H119NO5/c1-3-5-7-9-11-13-14-15-16-17-29-32-35-38-42-46-50-54-58-64(69)70-59-55-51-47-43-39-36-33-30-27-25-23-21-19-18-20-22-24-26-28-31-34-37-41-45-49-53-57-63(68)65-61(60-66)62(67)56-52-48-44-40-12-10-8-6-4-2/h13-14,16-18,20,52,56,61-62,66-67H,3-12,15,19,21-51,53-55,57-60H2,1-2H3,(H,65,68)/b14-13-,17-16-,20-18-,56-52+. The van der Waals surface area contributed by atoms with Crippen molar-refractivity contribution < 1.29 is 24.5 Å². The summed E-state index contributed by atoms with van der Waals surface area (Å²) < 4.78 is 5.49. The second kappa shape index (κ2) is 59.4. The fourth-order valence-corrected chi connectivity index (χ4v) is 9.31. The number of ether oxygens (including phenoxy) is 1. The highest BCUT2D eigenvalue weighted by Crippen LogP contribution is 2.16. The number of hydrogen-bond donors (Lipinski definition) is 3.